The van der Waals surface area contributed by atoms with Crippen molar-refractivity contribution in [1.29, 1.82) is 0 Å². The van der Waals surface area contributed by atoms with E-state index in [2.05, 4.69) is 5.32 Å². The molecule has 1 amide bonds. The van der Waals surface area contributed by atoms with Crippen LogP contribution in [0.25, 0.3) is 0 Å². The van der Waals surface area contributed by atoms with Gasteiger partial charge in [-0.2, -0.15) is 0 Å². The highest BCUT2D eigenvalue weighted by Crippen LogP contribution is 2.37. The number of nitrogens with one attached hydrogen (secondary N) is 1. The van der Waals surface area contributed by atoms with Crippen LogP contribution in [-0.4, -0.2) is 19.1 Å². The third-order valence-corrected chi connectivity index (χ3v) is 4.67. The van der Waals surface area contributed by atoms with E-state index in [4.69, 9.17) is 13.9 Å². The maximum absolute atomic E-state index is 12.8. The highest BCUT2D eigenvalue weighted by molar-refractivity contribution is 5.94. The SMILES string of the molecule is CC1(NC(=O)c2occ3c2CCOC3)CCOc2ccccc21. The Morgan fingerprint density at radius 2 is 2.13 bits per heavy atom. The Balaban J connectivity index is 1.63. The number of carbonyl (C=O) groups excluding carboxylic acids is 1. The molecular formula is C18H19NO4. The summed E-state index contributed by atoms with van der Waals surface area (Å²) in [4.78, 5) is 12.8. The van der Waals surface area contributed by atoms with Crippen LogP contribution < -0.4 is 10.1 Å². The van der Waals surface area contributed by atoms with Crippen molar-refractivity contribution in [2.24, 2.45) is 0 Å². The topological polar surface area (TPSA) is 60.7 Å². The molecule has 0 radical (unpaired) electrons. The van der Waals surface area contributed by atoms with Crippen LogP contribution in [0.1, 0.15) is 40.6 Å². The number of amides is 1. The summed E-state index contributed by atoms with van der Waals surface area (Å²) in [6.07, 6.45) is 3.07. The van der Waals surface area contributed by atoms with Crippen molar-refractivity contribution in [3.8, 4) is 5.75 Å². The Morgan fingerprint density at radius 1 is 1.26 bits per heavy atom. The summed E-state index contributed by atoms with van der Waals surface area (Å²) in [5.41, 5.74) is 2.48. The zero-order chi connectivity index (χ0) is 15.9. The molecule has 2 aliphatic heterocycles. The third kappa shape index (κ3) is 2.41. The van der Waals surface area contributed by atoms with E-state index in [-0.39, 0.29) is 5.91 Å². The number of benzene rings is 1. The molecule has 2 aliphatic rings. The molecular weight excluding hydrogens is 294 g/mol. The second-order valence-corrected chi connectivity index (χ2v) is 6.25. The van der Waals surface area contributed by atoms with E-state index < -0.39 is 5.54 Å². The molecule has 5 nitrogen and oxygen atoms in total. The molecule has 5 heteroatoms. The predicted octanol–water partition coefficient (Wildman–Crippen LogP) is 2.78. The Hall–Kier alpha value is -2.27. The van der Waals surface area contributed by atoms with Crippen LogP contribution in [0.3, 0.4) is 0 Å². The molecule has 1 atom stereocenters. The maximum atomic E-state index is 12.8. The van der Waals surface area contributed by atoms with Gasteiger partial charge in [0.2, 0.25) is 0 Å². The minimum atomic E-state index is -0.462. The van der Waals surface area contributed by atoms with Gasteiger partial charge in [-0.05, 0) is 13.0 Å². The Kier molecular flexibility index (Phi) is 3.38. The van der Waals surface area contributed by atoms with E-state index in [0.717, 1.165) is 28.9 Å². The zero-order valence-corrected chi connectivity index (χ0v) is 13.1. The summed E-state index contributed by atoms with van der Waals surface area (Å²) in [7, 11) is 0. The second kappa shape index (κ2) is 5.42. The second-order valence-electron chi connectivity index (χ2n) is 6.25. The maximum Gasteiger partial charge on any atom is 0.287 e. The standard InChI is InChI=1S/C18H19NO4/c1-18(7-9-22-15-5-3-2-4-14(15)18)19-17(20)16-13-6-8-21-10-12(13)11-23-16/h2-5,11H,6-10H2,1H3,(H,19,20). The minimum Gasteiger partial charge on any atom is -0.493 e. The van der Waals surface area contributed by atoms with Crippen molar-refractivity contribution in [1.82, 2.24) is 5.32 Å². The van der Waals surface area contributed by atoms with Crippen LogP contribution in [0.15, 0.2) is 34.9 Å². The molecule has 23 heavy (non-hydrogen) atoms. The van der Waals surface area contributed by atoms with Gasteiger partial charge in [0.25, 0.3) is 5.91 Å². The summed E-state index contributed by atoms with van der Waals surface area (Å²) in [6, 6.07) is 7.84. The number of ether oxygens (including phenoxy) is 2. The largest absolute Gasteiger partial charge is 0.493 e. The van der Waals surface area contributed by atoms with E-state index in [1.54, 1.807) is 6.26 Å². The first kappa shape index (κ1) is 14.3. The first-order chi connectivity index (χ1) is 11.2. The molecule has 0 bridgehead atoms. The van der Waals surface area contributed by atoms with Crippen LogP contribution in [0.4, 0.5) is 0 Å². The first-order valence-electron chi connectivity index (χ1n) is 7.89. The van der Waals surface area contributed by atoms with Gasteiger partial charge < -0.3 is 19.2 Å². The molecule has 1 aromatic carbocycles. The number of rotatable bonds is 2. The van der Waals surface area contributed by atoms with Crippen LogP contribution >= 0.6 is 0 Å². The number of hydrogen-bond acceptors (Lipinski definition) is 4. The molecule has 0 saturated heterocycles. The lowest BCUT2D eigenvalue weighted by Gasteiger charge is -2.36. The van der Waals surface area contributed by atoms with Crippen LogP contribution in [0, 0.1) is 0 Å². The number of para-hydroxylation sites is 1. The lowest BCUT2D eigenvalue weighted by atomic mass is 9.86. The van der Waals surface area contributed by atoms with Gasteiger partial charge in [-0.3, -0.25) is 4.79 Å². The number of carbonyl (C=O) groups is 1. The fourth-order valence-electron chi connectivity index (χ4n) is 3.35. The number of furan rings is 1. The average Bonchev–Trinajstić information content (AvgIpc) is 2.99. The van der Waals surface area contributed by atoms with E-state index in [1.807, 2.05) is 31.2 Å². The van der Waals surface area contributed by atoms with Gasteiger partial charge in [0.05, 0.1) is 31.6 Å². The quantitative estimate of drug-likeness (QED) is 0.926. The van der Waals surface area contributed by atoms with Gasteiger partial charge in [-0.15, -0.1) is 0 Å². The molecule has 0 aliphatic carbocycles. The Bertz CT molecular complexity index is 751. The van der Waals surface area contributed by atoms with Gasteiger partial charge >= 0.3 is 0 Å². The number of fused-ring (bicyclic) bond motifs is 2. The van der Waals surface area contributed by atoms with Crippen LogP contribution in [0.2, 0.25) is 0 Å². The predicted molar refractivity (Wildman–Crippen MR) is 83.4 cm³/mol. The highest BCUT2D eigenvalue weighted by atomic mass is 16.5. The van der Waals surface area contributed by atoms with Gasteiger partial charge in [0.15, 0.2) is 5.76 Å². The summed E-state index contributed by atoms with van der Waals surface area (Å²) < 4.78 is 16.6. The fourth-order valence-corrected chi connectivity index (χ4v) is 3.35. The van der Waals surface area contributed by atoms with Crippen molar-refractivity contribution >= 4 is 5.91 Å². The van der Waals surface area contributed by atoms with Crippen molar-refractivity contribution in [2.75, 3.05) is 13.2 Å². The summed E-state index contributed by atoms with van der Waals surface area (Å²) in [6.45, 7) is 3.75. The summed E-state index contributed by atoms with van der Waals surface area (Å²) >= 11 is 0. The average molecular weight is 313 g/mol. The monoisotopic (exact) mass is 313 g/mol. The normalized spacial score (nSPS) is 22.7. The highest BCUT2D eigenvalue weighted by Gasteiger charge is 2.36. The van der Waals surface area contributed by atoms with E-state index in [1.165, 1.54) is 0 Å². The molecule has 0 fully saturated rings. The summed E-state index contributed by atoms with van der Waals surface area (Å²) in [5.74, 6) is 1.07. The van der Waals surface area contributed by atoms with Crippen LogP contribution in [-0.2, 0) is 23.3 Å². The van der Waals surface area contributed by atoms with Crippen molar-refractivity contribution < 1.29 is 18.7 Å². The minimum absolute atomic E-state index is 0.174. The first-order valence-corrected chi connectivity index (χ1v) is 7.89. The Labute approximate surface area is 134 Å². The van der Waals surface area contributed by atoms with Gasteiger partial charge in [0.1, 0.15) is 5.75 Å². The van der Waals surface area contributed by atoms with Crippen molar-refractivity contribution in [2.45, 2.75) is 31.9 Å². The fraction of sp³-hybridized carbons (Fsp3) is 0.389. The molecule has 4 rings (SSSR count). The lowest BCUT2D eigenvalue weighted by molar-refractivity contribution is 0.0840. The zero-order valence-electron chi connectivity index (χ0n) is 13.1. The smallest absolute Gasteiger partial charge is 0.287 e. The molecule has 120 valence electrons. The van der Waals surface area contributed by atoms with E-state index >= 15 is 0 Å². The lowest BCUT2D eigenvalue weighted by Crippen LogP contribution is -2.46. The van der Waals surface area contributed by atoms with Gasteiger partial charge in [-0.1, -0.05) is 18.2 Å². The van der Waals surface area contributed by atoms with Crippen molar-refractivity contribution in [3.05, 3.63) is 53.0 Å². The molecule has 3 heterocycles. The Morgan fingerprint density at radius 3 is 3.04 bits per heavy atom. The molecule has 2 aromatic rings. The van der Waals surface area contributed by atoms with E-state index in [9.17, 15) is 4.79 Å². The van der Waals surface area contributed by atoms with E-state index in [0.29, 0.717) is 32.0 Å². The molecule has 0 spiro atoms. The molecule has 1 N–H and O–H groups in total. The molecule has 0 saturated carbocycles. The van der Waals surface area contributed by atoms with Crippen molar-refractivity contribution in [3.63, 3.8) is 0 Å². The van der Waals surface area contributed by atoms with Gasteiger partial charge in [0, 0.05) is 29.5 Å². The summed E-state index contributed by atoms with van der Waals surface area (Å²) in [5, 5.41) is 3.15. The molecule has 1 aromatic heterocycles. The van der Waals surface area contributed by atoms with Gasteiger partial charge in [-0.25, -0.2) is 0 Å². The third-order valence-electron chi connectivity index (χ3n) is 4.67. The number of hydrogen-bond donors (Lipinski definition) is 1. The molecule has 1 unspecified atom stereocenters. The van der Waals surface area contributed by atoms with Crippen LogP contribution in [0.5, 0.6) is 5.75 Å².